The van der Waals surface area contributed by atoms with E-state index in [4.69, 9.17) is 4.74 Å². The summed E-state index contributed by atoms with van der Waals surface area (Å²) < 4.78 is 35.1. The van der Waals surface area contributed by atoms with Crippen LogP contribution in [-0.2, 0) is 32.5 Å². The third-order valence-electron chi connectivity index (χ3n) is 5.47. The highest BCUT2D eigenvalue weighted by molar-refractivity contribution is 7.93. The highest BCUT2D eigenvalue weighted by atomic mass is 32.2. The molecule has 0 saturated carbocycles. The molecule has 0 radical (unpaired) electrons. The highest BCUT2D eigenvalue weighted by Crippen LogP contribution is 2.41. The Kier molecular flexibility index (Phi) is 5.82. The summed E-state index contributed by atoms with van der Waals surface area (Å²) in [4.78, 5) is 25.3. The van der Waals surface area contributed by atoms with Crippen LogP contribution in [0, 0.1) is 12.3 Å². The minimum atomic E-state index is -4.02. The van der Waals surface area contributed by atoms with Gasteiger partial charge in [0.2, 0.25) is 0 Å². The van der Waals surface area contributed by atoms with Gasteiger partial charge in [-0.25, -0.2) is 8.42 Å². The first-order chi connectivity index (χ1) is 14.0. The third kappa shape index (κ3) is 3.88. The monoisotopic (exact) mass is 432 g/mol. The molecule has 0 amide bonds. The molecule has 0 aliphatic heterocycles. The van der Waals surface area contributed by atoms with Gasteiger partial charge >= 0.3 is 5.97 Å². The number of para-hydroxylation sites is 1. The molecule has 8 heteroatoms. The van der Waals surface area contributed by atoms with E-state index in [9.17, 15) is 18.0 Å². The predicted octanol–water partition coefficient (Wildman–Crippen LogP) is 3.34. The molecule has 3 rings (SSSR count). The summed E-state index contributed by atoms with van der Waals surface area (Å²) in [5, 5.41) is 0. The molecule has 1 aromatic carbocycles. The molecular weight excluding hydrogens is 404 g/mol. The highest BCUT2D eigenvalue weighted by Gasteiger charge is 2.41. The van der Waals surface area contributed by atoms with Crippen molar-refractivity contribution in [2.24, 2.45) is 5.41 Å². The van der Waals surface area contributed by atoms with Gasteiger partial charge in [-0.15, -0.1) is 0 Å². The predicted molar refractivity (Wildman–Crippen MR) is 114 cm³/mol. The number of anilines is 1. The Hall–Kier alpha value is -2.61. The second-order valence-corrected chi connectivity index (χ2v) is 10.3. The number of rotatable bonds is 6. The van der Waals surface area contributed by atoms with Crippen molar-refractivity contribution >= 4 is 27.5 Å². The number of fused-ring (bicyclic) bond motifs is 1. The second-order valence-electron chi connectivity index (χ2n) is 8.38. The van der Waals surface area contributed by atoms with Gasteiger partial charge in [-0.1, -0.05) is 32.0 Å². The minimum Gasteiger partial charge on any atom is -0.465 e. The van der Waals surface area contributed by atoms with Gasteiger partial charge in [-0.05, 0) is 37.8 Å². The first-order valence-electron chi connectivity index (χ1n) is 9.94. The van der Waals surface area contributed by atoms with Crippen LogP contribution in [0.15, 0.2) is 35.2 Å². The molecule has 30 heavy (non-hydrogen) atoms. The number of aromatic nitrogens is 1. The van der Waals surface area contributed by atoms with Crippen molar-refractivity contribution in [3.63, 3.8) is 0 Å². The summed E-state index contributed by atoms with van der Waals surface area (Å²) in [6.07, 6.45) is 0.749. The van der Waals surface area contributed by atoms with E-state index in [1.165, 1.54) is 11.4 Å². The normalized spacial score (nSPS) is 15.6. The van der Waals surface area contributed by atoms with Gasteiger partial charge in [-0.3, -0.25) is 13.9 Å². The molecule has 0 atom stereocenters. The lowest BCUT2D eigenvalue weighted by atomic mass is 9.76. The number of ketones is 1. The zero-order valence-electron chi connectivity index (χ0n) is 18.1. The standard InChI is InChI=1S/C22H28N2O5S/c1-6-29-19(26)14-24-15(2)21(20-17(24)12-22(3,4)13-18(20)25)30(27,28)23(5)16-10-8-7-9-11-16/h7-11H,6,12-14H2,1-5H3. The maximum atomic E-state index is 13.6. The molecule has 0 spiro atoms. The quantitative estimate of drug-likeness (QED) is 0.654. The Labute approximate surface area is 177 Å². The summed E-state index contributed by atoms with van der Waals surface area (Å²) in [6.45, 7) is 7.39. The maximum Gasteiger partial charge on any atom is 0.325 e. The second kappa shape index (κ2) is 7.91. The number of sulfonamides is 1. The summed E-state index contributed by atoms with van der Waals surface area (Å²) in [6, 6.07) is 8.70. The molecule has 0 fully saturated rings. The van der Waals surface area contributed by atoms with Crippen LogP contribution >= 0.6 is 0 Å². The van der Waals surface area contributed by atoms with Crippen LogP contribution in [0.5, 0.6) is 0 Å². The van der Waals surface area contributed by atoms with E-state index in [1.54, 1.807) is 48.7 Å². The number of nitrogens with zero attached hydrogens (tertiary/aromatic N) is 2. The van der Waals surface area contributed by atoms with Crippen LogP contribution in [0.3, 0.4) is 0 Å². The number of hydrogen-bond donors (Lipinski definition) is 0. The molecule has 1 heterocycles. The fourth-order valence-corrected chi connectivity index (χ4v) is 5.71. The maximum absolute atomic E-state index is 13.6. The number of hydrogen-bond acceptors (Lipinski definition) is 5. The van der Waals surface area contributed by atoms with Crippen LogP contribution in [-0.4, -0.2) is 38.4 Å². The lowest BCUT2D eigenvalue weighted by Gasteiger charge is -2.30. The van der Waals surface area contributed by atoms with E-state index in [2.05, 4.69) is 0 Å². The molecule has 7 nitrogen and oxygen atoms in total. The van der Waals surface area contributed by atoms with E-state index in [0.717, 1.165) is 0 Å². The number of benzene rings is 1. The summed E-state index contributed by atoms with van der Waals surface area (Å²) in [5.74, 6) is -0.679. The molecule has 0 unspecified atom stereocenters. The van der Waals surface area contributed by atoms with E-state index in [-0.39, 0.29) is 41.2 Å². The van der Waals surface area contributed by atoms with Crippen molar-refractivity contribution in [3.05, 3.63) is 47.3 Å². The topological polar surface area (TPSA) is 85.7 Å². The summed E-state index contributed by atoms with van der Waals surface area (Å²) in [5.41, 5.74) is 1.34. The van der Waals surface area contributed by atoms with Crippen LogP contribution in [0.4, 0.5) is 5.69 Å². The average molecular weight is 433 g/mol. The fourth-order valence-electron chi connectivity index (χ4n) is 4.06. The smallest absolute Gasteiger partial charge is 0.325 e. The average Bonchev–Trinajstić information content (AvgIpc) is 2.94. The summed E-state index contributed by atoms with van der Waals surface area (Å²) in [7, 11) is -2.55. The van der Waals surface area contributed by atoms with Crippen LogP contribution < -0.4 is 4.31 Å². The Morgan fingerprint density at radius 3 is 2.43 bits per heavy atom. The van der Waals surface area contributed by atoms with Crippen LogP contribution in [0.2, 0.25) is 0 Å². The molecule has 1 aliphatic carbocycles. The Morgan fingerprint density at radius 1 is 1.20 bits per heavy atom. The first kappa shape index (κ1) is 22.1. The minimum absolute atomic E-state index is 0.0198. The van der Waals surface area contributed by atoms with Gasteiger partial charge in [0.15, 0.2) is 5.78 Å². The van der Waals surface area contributed by atoms with Gasteiger partial charge < -0.3 is 9.30 Å². The van der Waals surface area contributed by atoms with Crippen molar-refractivity contribution in [1.29, 1.82) is 0 Å². The number of ether oxygens (including phenoxy) is 1. The fraction of sp³-hybridized carbons (Fsp3) is 0.455. The van der Waals surface area contributed by atoms with Crippen LogP contribution in [0.25, 0.3) is 0 Å². The Morgan fingerprint density at radius 2 is 1.83 bits per heavy atom. The molecule has 162 valence electrons. The van der Waals surface area contributed by atoms with Crippen molar-refractivity contribution in [2.45, 2.75) is 52.0 Å². The van der Waals surface area contributed by atoms with Crippen molar-refractivity contribution < 1.29 is 22.7 Å². The van der Waals surface area contributed by atoms with Gasteiger partial charge in [0.1, 0.15) is 11.4 Å². The molecule has 0 saturated heterocycles. The lowest BCUT2D eigenvalue weighted by Crippen LogP contribution is -2.31. The molecule has 1 aliphatic rings. The largest absolute Gasteiger partial charge is 0.465 e. The number of esters is 1. The molecule has 1 aromatic heterocycles. The Balaban J connectivity index is 2.21. The zero-order chi connectivity index (χ0) is 22.3. The van der Waals surface area contributed by atoms with Crippen LogP contribution in [0.1, 0.15) is 48.9 Å². The first-order valence-corrected chi connectivity index (χ1v) is 11.4. The van der Waals surface area contributed by atoms with E-state index >= 15 is 0 Å². The SMILES string of the molecule is CCOC(=O)Cn1c(C)c(S(=O)(=O)N(C)c2ccccc2)c2c1CC(C)(C)CC2=O. The van der Waals surface area contributed by atoms with Crippen molar-refractivity contribution in [3.8, 4) is 0 Å². The Bertz CT molecular complexity index is 1080. The molecule has 2 aromatic rings. The van der Waals surface area contributed by atoms with E-state index < -0.39 is 16.0 Å². The van der Waals surface area contributed by atoms with Gasteiger partial charge in [-0.2, -0.15) is 0 Å². The molecule has 0 N–H and O–H groups in total. The van der Waals surface area contributed by atoms with Crippen molar-refractivity contribution in [2.75, 3.05) is 18.0 Å². The molecule has 0 bridgehead atoms. The molecular formula is C22H28N2O5S. The van der Waals surface area contributed by atoms with Gasteiger partial charge in [0, 0.05) is 24.9 Å². The van der Waals surface area contributed by atoms with Crippen molar-refractivity contribution in [1.82, 2.24) is 4.57 Å². The number of carbonyl (C=O) groups excluding carboxylic acids is 2. The third-order valence-corrected chi connectivity index (χ3v) is 7.42. The zero-order valence-corrected chi connectivity index (χ0v) is 18.9. The van der Waals surface area contributed by atoms with E-state index in [0.29, 0.717) is 23.5 Å². The summed E-state index contributed by atoms with van der Waals surface area (Å²) >= 11 is 0. The van der Waals surface area contributed by atoms with Gasteiger partial charge in [0.25, 0.3) is 10.0 Å². The number of carbonyl (C=O) groups is 2. The number of Topliss-reactive ketones (excluding diaryl/α,β-unsaturated/α-hetero) is 1. The lowest BCUT2D eigenvalue weighted by molar-refractivity contribution is -0.143. The van der Waals surface area contributed by atoms with E-state index in [1.807, 2.05) is 13.8 Å². The van der Waals surface area contributed by atoms with Gasteiger partial charge in [0.05, 0.1) is 17.9 Å².